The number of nitrogens with one attached hydrogen (secondary N) is 1. The molecule has 78 valence electrons. The molecule has 0 aliphatic heterocycles. The van der Waals surface area contributed by atoms with Gasteiger partial charge in [-0.3, -0.25) is 0 Å². The van der Waals surface area contributed by atoms with Crippen LogP contribution in [0.25, 0.3) is 5.73 Å². The summed E-state index contributed by atoms with van der Waals surface area (Å²) in [5, 5.41) is 0. The van der Waals surface area contributed by atoms with Gasteiger partial charge >= 0.3 is 58.2 Å². The molecule has 0 aromatic heterocycles. The zero-order valence-corrected chi connectivity index (χ0v) is 14.1. The monoisotopic (exact) mass is 277 g/mol. The summed E-state index contributed by atoms with van der Waals surface area (Å²) in [5.74, 6) is -4.66. The standard InChI is InChI=1S/C7H11F2NO.C2H6.Rb/c1-4-2-7(8,9)3-5(4)6(10)11;1-2;/h4-5H,2-3H2,1H3,(H2,10,11);1-2H3;/q;;+1/p-1. The van der Waals surface area contributed by atoms with E-state index in [0.29, 0.717) is 0 Å². The molecule has 0 aromatic carbocycles. The summed E-state index contributed by atoms with van der Waals surface area (Å²) in [4.78, 5) is 10.5. The molecule has 0 spiro atoms. The Morgan fingerprint density at radius 3 is 1.93 bits per heavy atom. The van der Waals surface area contributed by atoms with Gasteiger partial charge in [-0.2, -0.15) is 0 Å². The number of amides is 1. The van der Waals surface area contributed by atoms with Crippen molar-refractivity contribution in [3.05, 3.63) is 5.73 Å². The average Bonchev–Trinajstić information content (AvgIpc) is 2.29. The maximum Gasteiger partial charge on any atom is 1.00 e. The summed E-state index contributed by atoms with van der Waals surface area (Å²) in [7, 11) is 0. The summed E-state index contributed by atoms with van der Waals surface area (Å²) >= 11 is 0. The van der Waals surface area contributed by atoms with E-state index in [1.807, 2.05) is 13.8 Å². The smallest absolute Gasteiger partial charge is 0.668 e. The number of carbonyl (C=O) groups excluding carboxylic acids is 1. The Morgan fingerprint density at radius 1 is 1.36 bits per heavy atom. The zero-order chi connectivity index (χ0) is 10.6. The van der Waals surface area contributed by atoms with Crippen LogP contribution in [0.15, 0.2) is 0 Å². The molecule has 0 radical (unpaired) electrons. The largest absolute Gasteiger partial charge is 1.00 e. The normalized spacial score (nSPS) is 28.4. The van der Waals surface area contributed by atoms with Crippen molar-refractivity contribution in [3.63, 3.8) is 0 Å². The van der Waals surface area contributed by atoms with E-state index in [2.05, 4.69) is 0 Å². The van der Waals surface area contributed by atoms with Gasteiger partial charge in [-0.25, -0.2) is 8.78 Å². The van der Waals surface area contributed by atoms with Crippen molar-refractivity contribution in [3.8, 4) is 0 Å². The molecule has 1 fully saturated rings. The van der Waals surface area contributed by atoms with Gasteiger partial charge in [0.2, 0.25) is 5.92 Å². The molecule has 1 rings (SSSR count). The minimum atomic E-state index is -2.72. The number of alkyl halides is 2. The topological polar surface area (TPSA) is 40.9 Å². The van der Waals surface area contributed by atoms with Crippen molar-refractivity contribution in [1.82, 2.24) is 0 Å². The third-order valence-electron chi connectivity index (χ3n) is 2.16. The zero-order valence-electron chi connectivity index (χ0n) is 9.23. The maximum absolute atomic E-state index is 12.6. The Hall–Kier alpha value is 1.14. The van der Waals surface area contributed by atoms with Crippen LogP contribution in [0, 0.1) is 11.8 Å². The number of hydrogen-bond acceptors (Lipinski definition) is 1. The van der Waals surface area contributed by atoms with E-state index >= 15 is 0 Å². The molecular weight excluding hydrogens is 262 g/mol. The summed E-state index contributed by atoms with van der Waals surface area (Å²) in [5.41, 5.74) is 6.71. The molecule has 2 nitrogen and oxygen atoms in total. The van der Waals surface area contributed by atoms with Crippen LogP contribution in [0.4, 0.5) is 8.78 Å². The predicted molar refractivity (Wildman–Crippen MR) is 47.5 cm³/mol. The van der Waals surface area contributed by atoms with Crippen LogP contribution in [0.5, 0.6) is 0 Å². The summed E-state index contributed by atoms with van der Waals surface area (Å²) in [6.45, 7) is 5.60. The van der Waals surface area contributed by atoms with E-state index in [1.54, 1.807) is 6.92 Å². The minimum absolute atomic E-state index is 0. The van der Waals surface area contributed by atoms with Gasteiger partial charge in [-0.15, -0.1) is 0 Å². The third-order valence-corrected chi connectivity index (χ3v) is 2.16. The molecular formula is C9H16F2NORb. The Labute approximate surface area is 133 Å². The molecule has 0 aromatic rings. The number of carbonyl (C=O) groups is 1. The summed E-state index contributed by atoms with van der Waals surface area (Å²) in [6, 6.07) is 0. The van der Waals surface area contributed by atoms with Crippen LogP contribution in [-0.2, 0) is 4.79 Å². The van der Waals surface area contributed by atoms with Crippen molar-refractivity contribution < 1.29 is 71.8 Å². The Morgan fingerprint density at radius 2 is 1.79 bits per heavy atom. The Balaban J connectivity index is 0. The van der Waals surface area contributed by atoms with Gasteiger partial charge < -0.3 is 10.5 Å². The first kappa shape index (κ1) is 17.5. The molecule has 14 heavy (non-hydrogen) atoms. The second-order valence-corrected chi connectivity index (χ2v) is 3.21. The van der Waals surface area contributed by atoms with Crippen LogP contribution in [0.3, 0.4) is 0 Å². The van der Waals surface area contributed by atoms with Gasteiger partial charge in [0.15, 0.2) is 0 Å². The maximum atomic E-state index is 12.6. The average molecular weight is 278 g/mol. The molecule has 0 heterocycles. The van der Waals surface area contributed by atoms with E-state index in [0.717, 1.165) is 0 Å². The van der Waals surface area contributed by atoms with Gasteiger partial charge in [0.05, 0.1) is 5.91 Å². The van der Waals surface area contributed by atoms with Gasteiger partial charge in [-0.05, 0) is 5.92 Å². The summed E-state index contributed by atoms with van der Waals surface area (Å²) in [6.07, 6.45) is -0.682. The van der Waals surface area contributed by atoms with Crippen LogP contribution >= 0.6 is 0 Å². The van der Waals surface area contributed by atoms with Gasteiger partial charge in [-0.1, -0.05) is 20.8 Å². The van der Waals surface area contributed by atoms with Gasteiger partial charge in [0, 0.05) is 18.8 Å². The first-order chi connectivity index (χ1) is 5.92. The molecule has 1 amide bonds. The Bertz CT molecular complexity index is 188. The fourth-order valence-electron chi connectivity index (χ4n) is 1.57. The van der Waals surface area contributed by atoms with E-state index in [-0.39, 0.29) is 70.5 Å². The van der Waals surface area contributed by atoms with E-state index in [1.165, 1.54) is 0 Å². The van der Waals surface area contributed by atoms with Crippen molar-refractivity contribution in [2.45, 2.75) is 39.5 Å². The molecule has 1 aliphatic carbocycles. The van der Waals surface area contributed by atoms with Crippen LogP contribution in [-0.4, -0.2) is 11.8 Å². The first-order valence-electron chi connectivity index (χ1n) is 4.56. The molecule has 1 aliphatic rings. The first-order valence-corrected chi connectivity index (χ1v) is 4.56. The van der Waals surface area contributed by atoms with E-state index in [4.69, 9.17) is 5.73 Å². The number of rotatable bonds is 1. The molecule has 2 atom stereocenters. The Kier molecular flexibility index (Phi) is 9.28. The second kappa shape index (κ2) is 7.42. The van der Waals surface area contributed by atoms with Crippen molar-refractivity contribution in [2.24, 2.45) is 11.8 Å². The van der Waals surface area contributed by atoms with Crippen LogP contribution in [0.2, 0.25) is 0 Å². The molecule has 0 bridgehead atoms. The number of halogens is 2. The molecule has 1 saturated carbocycles. The molecule has 5 heteroatoms. The predicted octanol–water partition coefficient (Wildman–Crippen LogP) is 0.277. The second-order valence-electron chi connectivity index (χ2n) is 3.21. The fourth-order valence-corrected chi connectivity index (χ4v) is 1.57. The van der Waals surface area contributed by atoms with E-state index in [9.17, 15) is 13.6 Å². The van der Waals surface area contributed by atoms with Gasteiger partial charge in [0.1, 0.15) is 0 Å². The van der Waals surface area contributed by atoms with Crippen LogP contribution in [0.1, 0.15) is 33.6 Å². The number of hydrogen-bond donors (Lipinski definition) is 0. The SMILES string of the molecule is CC.CC1CC(F)(F)CC1C([NH-])=O.[Rb+]. The quantitative estimate of drug-likeness (QED) is 0.679. The van der Waals surface area contributed by atoms with Gasteiger partial charge in [0.25, 0.3) is 0 Å². The van der Waals surface area contributed by atoms with Crippen molar-refractivity contribution >= 4 is 5.91 Å². The van der Waals surface area contributed by atoms with E-state index < -0.39 is 24.2 Å². The third kappa shape index (κ3) is 5.28. The molecule has 1 N–H and O–H groups in total. The minimum Gasteiger partial charge on any atom is -0.668 e. The van der Waals surface area contributed by atoms with Crippen molar-refractivity contribution in [2.75, 3.05) is 0 Å². The van der Waals surface area contributed by atoms with Crippen LogP contribution < -0.4 is 58.2 Å². The van der Waals surface area contributed by atoms with Crippen molar-refractivity contribution in [1.29, 1.82) is 0 Å². The summed E-state index contributed by atoms with van der Waals surface area (Å²) < 4.78 is 25.1. The molecule has 2 unspecified atom stereocenters. The molecule has 0 saturated heterocycles. The fraction of sp³-hybridized carbons (Fsp3) is 0.889.